The van der Waals surface area contributed by atoms with Crippen LogP contribution in [0, 0.1) is 21.4 Å². The van der Waals surface area contributed by atoms with Crippen LogP contribution in [-0.4, -0.2) is 15.0 Å². The molecule has 9 heteroatoms. The van der Waals surface area contributed by atoms with E-state index in [4.69, 9.17) is 23.2 Å². The molecule has 0 aliphatic heterocycles. The zero-order valence-electron chi connectivity index (χ0n) is 13.4. The minimum absolute atomic E-state index is 0.233. The van der Waals surface area contributed by atoms with Crippen LogP contribution in [0.2, 0.25) is 10.0 Å². The fourth-order valence-electron chi connectivity index (χ4n) is 2.30. The number of aromatic hydroxyl groups is 1. The van der Waals surface area contributed by atoms with Gasteiger partial charge in [-0.3, -0.25) is 10.1 Å². The third-order valence-corrected chi connectivity index (χ3v) is 4.99. The smallest absolute Gasteiger partial charge is 0.311 e. The largest absolute Gasteiger partial charge is 0.502 e. The highest BCUT2D eigenvalue weighted by Gasteiger charge is 2.15. The Labute approximate surface area is 167 Å². The van der Waals surface area contributed by atoms with Crippen LogP contribution in [0.4, 0.5) is 5.69 Å². The second kappa shape index (κ2) is 7.76. The molecule has 3 rings (SSSR count). The summed E-state index contributed by atoms with van der Waals surface area (Å²) in [5.41, 5.74) is 1.47. The van der Waals surface area contributed by atoms with Crippen molar-refractivity contribution in [3.05, 3.63) is 72.5 Å². The molecule has 0 amide bonds. The Morgan fingerprint density at radius 1 is 1.30 bits per heavy atom. The van der Waals surface area contributed by atoms with Crippen molar-refractivity contribution in [1.82, 2.24) is 4.98 Å². The van der Waals surface area contributed by atoms with E-state index in [0.717, 1.165) is 0 Å². The van der Waals surface area contributed by atoms with Gasteiger partial charge in [0.1, 0.15) is 11.1 Å². The first kappa shape index (κ1) is 18.9. The highest BCUT2D eigenvalue weighted by Crippen LogP contribution is 2.33. The first-order valence-corrected chi connectivity index (χ1v) is 9.03. The number of benzene rings is 2. The molecule has 0 saturated carbocycles. The quantitative estimate of drug-likeness (QED) is 0.328. The second-order valence-corrected chi connectivity index (χ2v) is 7.04. The number of thiazole rings is 1. The van der Waals surface area contributed by atoms with Gasteiger partial charge in [0.2, 0.25) is 0 Å². The van der Waals surface area contributed by atoms with Crippen molar-refractivity contribution in [3.63, 3.8) is 0 Å². The summed E-state index contributed by atoms with van der Waals surface area (Å²) in [4.78, 5) is 14.7. The Balaban J connectivity index is 1.99. The van der Waals surface area contributed by atoms with E-state index in [1.54, 1.807) is 23.6 Å². The third kappa shape index (κ3) is 4.09. The van der Waals surface area contributed by atoms with Gasteiger partial charge in [-0.2, -0.15) is 5.26 Å². The standard InChI is InChI=1S/C18H9Cl2N3O3S/c19-12-2-3-13(14(20)7-12)15-9-27-18(22-15)11(8-21)5-10-1-4-17(24)16(6-10)23(25)26/h1-7,9,24H. The lowest BCUT2D eigenvalue weighted by Gasteiger charge is -2.01. The van der Waals surface area contributed by atoms with E-state index in [1.165, 1.54) is 35.6 Å². The van der Waals surface area contributed by atoms with Crippen LogP contribution >= 0.6 is 34.5 Å². The number of nitrogens with zero attached hydrogens (tertiary/aromatic N) is 3. The van der Waals surface area contributed by atoms with E-state index in [-0.39, 0.29) is 5.57 Å². The van der Waals surface area contributed by atoms with Gasteiger partial charge >= 0.3 is 5.69 Å². The summed E-state index contributed by atoms with van der Waals surface area (Å²) >= 11 is 13.3. The molecule has 0 spiro atoms. The number of hydrogen-bond acceptors (Lipinski definition) is 6. The summed E-state index contributed by atoms with van der Waals surface area (Å²) < 4.78 is 0. The first-order valence-electron chi connectivity index (χ1n) is 7.39. The zero-order chi connectivity index (χ0) is 19.6. The number of phenols is 1. The molecule has 0 unspecified atom stereocenters. The van der Waals surface area contributed by atoms with E-state index in [0.29, 0.717) is 31.9 Å². The van der Waals surface area contributed by atoms with Crippen LogP contribution < -0.4 is 0 Å². The van der Waals surface area contributed by atoms with Gasteiger partial charge in [0.05, 0.1) is 21.2 Å². The van der Waals surface area contributed by atoms with Gasteiger partial charge in [-0.05, 0) is 35.9 Å². The Kier molecular flexibility index (Phi) is 5.42. The molecule has 0 fully saturated rings. The summed E-state index contributed by atoms with van der Waals surface area (Å²) in [6.07, 6.45) is 1.47. The summed E-state index contributed by atoms with van der Waals surface area (Å²) in [5, 5.41) is 33.1. The lowest BCUT2D eigenvalue weighted by Crippen LogP contribution is -1.89. The van der Waals surface area contributed by atoms with Gasteiger partial charge < -0.3 is 5.11 Å². The predicted molar refractivity (Wildman–Crippen MR) is 106 cm³/mol. The predicted octanol–water partition coefficient (Wildman–Crippen LogP) is 5.79. The summed E-state index contributed by atoms with van der Waals surface area (Å²) in [5.74, 6) is -0.440. The van der Waals surface area contributed by atoms with E-state index in [1.807, 2.05) is 6.07 Å². The molecule has 6 nitrogen and oxygen atoms in total. The number of hydrogen-bond donors (Lipinski definition) is 1. The Morgan fingerprint density at radius 3 is 2.74 bits per heavy atom. The zero-order valence-corrected chi connectivity index (χ0v) is 15.7. The molecule has 27 heavy (non-hydrogen) atoms. The van der Waals surface area contributed by atoms with Crippen molar-refractivity contribution in [2.45, 2.75) is 0 Å². The topological polar surface area (TPSA) is 100 Å². The van der Waals surface area contributed by atoms with Crippen LogP contribution in [0.15, 0.2) is 41.8 Å². The van der Waals surface area contributed by atoms with Crippen LogP contribution in [0.3, 0.4) is 0 Å². The number of halogens is 2. The highest BCUT2D eigenvalue weighted by molar-refractivity contribution is 7.11. The highest BCUT2D eigenvalue weighted by atomic mass is 35.5. The van der Waals surface area contributed by atoms with Crippen molar-refractivity contribution in [3.8, 4) is 23.1 Å². The molecule has 3 aromatic rings. The minimum Gasteiger partial charge on any atom is -0.502 e. The van der Waals surface area contributed by atoms with Crippen LogP contribution in [0.5, 0.6) is 5.75 Å². The van der Waals surface area contributed by atoms with E-state index >= 15 is 0 Å². The molecule has 1 aromatic heterocycles. The van der Waals surface area contributed by atoms with Gasteiger partial charge in [0, 0.05) is 22.0 Å². The average molecular weight is 418 g/mol. The summed E-state index contributed by atoms with van der Waals surface area (Å²) in [6, 6.07) is 11.0. The Hall–Kier alpha value is -2.92. The average Bonchev–Trinajstić information content (AvgIpc) is 3.10. The van der Waals surface area contributed by atoms with Gasteiger partial charge in [0.25, 0.3) is 0 Å². The van der Waals surface area contributed by atoms with Crippen molar-refractivity contribution in [2.24, 2.45) is 0 Å². The van der Waals surface area contributed by atoms with Gasteiger partial charge in [-0.15, -0.1) is 11.3 Å². The second-order valence-electron chi connectivity index (χ2n) is 5.34. The van der Waals surface area contributed by atoms with Crippen molar-refractivity contribution in [2.75, 3.05) is 0 Å². The molecule has 0 aliphatic carbocycles. The number of aromatic nitrogens is 1. The van der Waals surface area contributed by atoms with E-state index in [9.17, 15) is 20.5 Å². The van der Waals surface area contributed by atoms with Crippen molar-refractivity contribution >= 4 is 51.9 Å². The molecule has 2 aromatic carbocycles. The molecular weight excluding hydrogens is 409 g/mol. The molecule has 0 atom stereocenters. The van der Waals surface area contributed by atoms with Gasteiger partial charge in [-0.25, -0.2) is 4.98 Å². The fourth-order valence-corrected chi connectivity index (χ4v) is 3.59. The third-order valence-electron chi connectivity index (χ3n) is 3.57. The number of nitro groups is 1. The first-order chi connectivity index (χ1) is 12.9. The van der Waals surface area contributed by atoms with Crippen molar-refractivity contribution in [1.29, 1.82) is 5.26 Å². The summed E-state index contributed by atoms with van der Waals surface area (Å²) in [6.45, 7) is 0. The van der Waals surface area contributed by atoms with Crippen LogP contribution in [0.25, 0.3) is 22.9 Å². The van der Waals surface area contributed by atoms with Crippen molar-refractivity contribution < 1.29 is 10.0 Å². The van der Waals surface area contributed by atoms with Crippen LogP contribution in [0.1, 0.15) is 10.6 Å². The Morgan fingerprint density at radius 2 is 2.07 bits per heavy atom. The molecule has 1 N–H and O–H groups in total. The van der Waals surface area contributed by atoms with Gasteiger partial charge in [-0.1, -0.05) is 29.3 Å². The normalized spacial score (nSPS) is 11.2. The molecule has 0 bridgehead atoms. The number of phenolic OH excluding ortho intramolecular Hbond substituents is 1. The fraction of sp³-hybridized carbons (Fsp3) is 0. The SMILES string of the molecule is N#CC(=Cc1ccc(O)c([N+](=O)[O-])c1)c1nc(-c2ccc(Cl)cc2Cl)cs1. The number of rotatable bonds is 4. The van der Waals surface area contributed by atoms with E-state index in [2.05, 4.69) is 4.98 Å². The lowest BCUT2D eigenvalue weighted by molar-refractivity contribution is -0.385. The summed E-state index contributed by atoms with van der Waals surface area (Å²) in [7, 11) is 0. The molecule has 0 saturated heterocycles. The molecular formula is C18H9Cl2N3O3S. The maximum atomic E-state index is 10.9. The molecule has 0 radical (unpaired) electrons. The van der Waals surface area contributed by atoms with Crippen LogP contribution in [-0.2, 0) is 0 Å². The molecule has 1 heterocycles. The number of allylic oxidation sites excluding steroid dienone is 1. The van der Waals surface area contributed by atoms with E-state index < -0.39 is 16.4 Å². The Bertz CT molecular complexity index is 1120. The molecule has 0 aliphatic rings. The number of nitriles is 1. The monoisotopic (exact) mass is 417 g/mol. The maximum Gasteiger partial charge on any atom is 0.311 e. The van der Waals surface area contributed by atoms with Gasteiger partial charge in [0.15, 0.2) is 5.75 Å². The molecule has 134 valence electrons. The number of nitro benzene ring substituents is 1. The maximum absolute atomic E-state index is 10.9. The lowest BCUT2D eigenvalue weighted by atomic mass is 10.1. The minimum atomic E-state index is -0.692.